The van der Waals surface area contributed by atoms with Crippen molar-refractivity contribution in [1.29, 1.82) is 0 Å². The molecule has 1 fully saturated rings. The van der Waals surface area contributed by atoms with Crippen LogP contribution in [0.5, 0.6) is 0 Å². The molecule has 2 atom stereocenters. The molecule has 214 valence electrons. The zero-order valence-corrected chi connectivity index (χ0v) is 24.1. The molecule has 8 heteroatoms. The number of carbonyl (C=O) groups is 4. The molecule has 0 aromatic heterocycles. The molecule has 2 aromatic rings. The lowest BCUT2D eigenvalue weighted by Gasteiger charge is -2.37. The van der Waals surface area contributed by atoms with Crippen LogP contribution in [0.3, 0.4) is 0 Å². The van der Waals surface area contributed by atoms with Crippen molar-refractivity contribution in [2.45, 2.75) is 84.3 Å². The maximum atomic E-state index is 14.1. The third-order valence-electron chi connectivity index (χ3n) is 7.96. The van der Waals surface area contributed by atoms with Crippen LogP contribution < -0.4 is 20.4 Å². The number of benzene rings is 2. The Morgan fingerprint density at radius 1 is 0.925 bits per heavy atom. The van der Waals surface area contributed by atoms with E-state index >= 15 is 0 Å². The van der Waals surface area contributed by atoms with Crippen LogP contribution >= 0.6 is 0 Å². The molecule has 40 heavy (non-hydrogen) atoms. The van der Waals surface area contributed by atoms with Gasteiger partial charge >= 0.3 is 6.03 Å². The standard InChI is InChI=1S/C32H42N4O4/c1-5-27(37)29(22-14-8-6-9-15-22)34-31(40)33-24-20-35(23-16-10-7-11-17-23)25-18-12-13-19-26(25)36(30(24)39)21-28(38)32(2,3)4/h6,8-9,12-15,18-19,23-24,29H,5,7,10-11,16-17,20-21H2,1-4H3,(H2,33,34,40)/t24-,29?/m1/s1. The van der Waals surface area contributed by atoms with Gasteiger partial charge < -0.3 is 20.4 Å². The van der Waals surface area contributed by atoms with Gasteiger partial charge in [0.2, 0.25) is 0 Å². The molecule has 0 saturated heterocycles. The molecule has 1 aliphatic heterocycles. The van der Waals surface area contributed by atoms with Gasteiger partial charge in [0.15, 0.2) is 11.6 Å². The predicted octanol–water partition coefficient (Wildman–Crippen LogP) is 5.18. The van der Waals surface area contributed by atoms with Crippen LogP contribution in [0.15, 0.2) is 54.6 Å². The largest absolute Gasteiger partial charge is 0.364 e. The van der Waals surface area contributed by atoms with Crippen LogP contribution in [0.25, 0.3) is 0 Å². The number of rotatable bonds is 8. The molecule has 2 aliphatic rings. The second-order valence-electron chi connectivity index (χ2n) is 11.9. The van der Waals surface area contributed by atoms with Crippen molar-refractivity contribution in [3.8, 4) is 0 Å². The molecule has 8 nitrogen and oxygen atoms in total. The summed E-state index contributed by atoms with van der Waals surface area (Å²) >= 11 is 0. The SMILES string of the molecule is CCC(=O)C(NC(=O)N[C@@H]1CN(C2CCCCC2)c2ccccc2N(CC(=O)C(C)(C)C)C1=O)c1ccccc1. The molecule has 2 N–H and O–H groups in total. The molecule has 0 radical (unpaired) electrons. The zero-order valence-electron chi connectivity index (χ0n) is 24.1. The lowest BCUT2D eigenvalue weighted by molar-refractivity contribution is -0.127. The summed E-state index contributed by atoms with van der Waals surface area (Å²) in [6.07, 6.45) is 5.68. The van der Waals surface area contributed by atoms with E-state index in [4.69, 9.17) is 0 Å². The number of hydrogen-bond donors (Lipinski definition) is 2. The topological polar surface area (TPSA) is 98.8 Å². The highest BCUT2D eigenvalue weighted by molar-refractivity contribution is 6.07. The lowest BCUT2D eigenvalue weighted by Crippen LogP contribution is -2.57. The predicted molar refractivity (Wildman–Crippen MR) is 157 cm³/mol. The summed E-state index contributed by atoms with van der Waals surface area (Å²) < 4.78 is 0. The van der Waals surface area contributed by atoms with Crippen LogP contribution in [-0.2, 0) is 14.4 Å². The van der Waals surface area contributed by atoms with E-state index in [1.165, 1.54) is 11.3 Å². The van der Waals surface area contributed by atoms with E-state index in [0.29, 0.717) is 11.3 Å². The highest BCUT2D eigenvalue weighted by Gasteiger charge is 2.39. The average Bonchev–Trinajstić information content (AvgIpc) is 3.06. The number of hydrogen-bond acceptors (Lipinski definition) is 5. The first-order valence-electron chi connectivity index (χ1n) is 14.4. The number of carbonyl (C=O) groups excluding carboxylic acids is 4. The van der Waals surface area contributed by atoms with E-state index in [9.17, 15) is 19.2 Å². The number of anilines is 2. The maximum absolute atomic E-state index is 14.1. The summed E-state index contributed by atoms with van der Waals surface area (Å²) in [5.41, 5.74) is 1.64. The van der Waals surface area contributed by atoms with E-state index in [2.05, 4.69) is 15.5 Å². The second kappa shape index (κ2) is 12.7. The number of nitrogens with zero attached hydrogens (tertiary/aromatic N) is 2. The average molecular weight is 547 g/mol. The Hall–Kier alpha value is -3.68. The van der Waals surface area contributed by atoms with Crippen LogP contribution in [0, 0.1) is 5.41 Å². The number of amides is 3. The summed E-state index contributed by atoms with van der Waals surface area (Å²) in [7, 11) is 0. The molecule has 1 unspecified atom stereocenters. The molecule has 1 saturated carbocycles. The Morgan fingerprint density at radius 2 is 1.55 bits per heavy atom. The van der Waals surface area contributed by atoms with Crippen LogP contribution in [0.1, 0.15) is 77.8 Å². The monoisotopic (exact) mass is 546 g/mol. The van der Waals surface area contributed by atoms with Gasteiger partial charge in [-0.1, -0.05) is 89.4 Å². The maximum Gasteiger partial charge on any atom is 0.316 e. The van der Waals surface area contributed by atoms with Gasteiger partial charge in [0.05, 0.1) is 17.9 Å². The van der Waals surface area contributed by atoms with Crippen molar-refractivity contribution in [3.63, 3.8) is 0 Å². The quantitative estimate of drug-likeness (QED) is 0.476. The lowest BCUT2D eigenvalue weighted by atomic mass is 9.90. The minimum atomic E-state index is -0.907. The zero-order chi connectivity index (χ0) is 28.9. The number of nitrogens with one attached hydrogen (secondary N) is 2. The van der Waals surface area contributed by atoms with E-state index < -0.39 is 23.5 Å². The first-order valence-corrected chi connectivity index (χ1v) is 14.4. The van der Waals surface area contributed by atoms with Crippen molar-refractivity contribution in [2.24, 2.45) is 5.41 Å². The fraction of sp³-hybridized carbons (Fsp3) is 0.500. The molecule has 4 rings (SSSR count). The third-order valence-corrected chi connectivity index (χ3v) is 7.96. The third kappa shape index (κ3) is 6.72. The second-order valence-corrected chi connectivity index (χ2v) is 11.9. The van der Waals surface area contributed by atoms with Crippen molar-refractivity contribution in [3.05, 3.63) is 60.2 Å². The Morgan fingerprint density at radius 3 is 2.17 bits per heavy atom. The first kappa shape index (κ1) is 29.3. The fourth-order valence-corrected chi connectivity index (χ4v) is 5.54. The Labute approximate surface area is 237 Å². The fourth-order valence-electron chi connectivity index (χ4n) is 5.54. The minimum absolute atomic E-state index is 0.0670. The number of fused-ring (bicyclic) bond motifs is 1. The van der Waals surface area contributed by atoms with Crippen molar-refractivity contribution >= 4 is 34.9 Å². The van der Waals surface area contributed by atoms with Crippen molar-refractivity contribution in [1.82, 2.24) is 10.6 Å². The molecular formula is C32H42N4O4. The summed E-state index contributed by atoms with van der Waals surface area (Å²) in [5, 5.41) is 5.70. The van der Waals surface area contributed by atoms with Gasteiger partial charge in [-0.15, -0.1) is 0 Å². The number of urea groups is 1. The van der Waals surface area contributed by atoms with Gasteiger partial charge in [-0.2, -0.15) is 0 Å². The van der Waals surface area contributed by atoms with E-state index in [0.717, 1.165) is 31.4 Å². The Kier molecular flexibility index (Phi) is 9.28. The number of ketones is 2. The van der Waals surface area contributed by atoms with Crippen LogP contribution in [-0.4, -0.2) is 48.7 Å². The van der Waals surface area contributed by atoms with Crippen LogP contribution in [0.2, 0.25) is 0 Å². The highest BCUT2D eigenvalue weighted by atomic mass is 16.2. The molecule has 0 bridgehead atoms. The summed E-state index contributed by atoms with van der Waals surface area (Å²) in [6, 6.07) is 14.7. The molecule has 3 amide bonds. The molecule has 2 aromatic carbocycles. The van der Waals surface area contributed by atoms with E-state index in [-0.39, 0.29) is 43.0 Å². The normalized spacial score (nSPS) is 18.9. The van der Waals surface area contributed by atoms with Gasteiger partial charge in [-0.05, 0) is 30.5 Å². The smallest absolute Gasteiger partial charge is 0.316 e. The summed E-state index contributed by atoms with van der Waals surface area (Å²) in [4.78, 5) is 57.2. The Bertz CT molecular complexity index is 1220. The van der Waals surface area contributed by atoms with E-state index in [1.807, 2.05) is 63.2 Å². The minimum Gasteiger partial charge on any atom is -0.364 e. The number of para-hydroxylation sites is 2. The van der Waals surface area contributed by atoms with Gasteiger partial charge in [0, 0.05) is 24.4 Å². The van der Waals surface area contributed by atoms with Gasteiger partial charge in [-0.25, -0.2) is 4.79 Å². The molecule has 0 spiro atoms. The molecular weight excluding hydrogens is 504 g/mol. The van der Waals surface area contributed by atoms with Gasteiger partial charge in [0.1, 0.15) is 12.1 Å². The summed E-state index contributed by atoms with van der Waals surface area (Å²) in [5.74, 6) is -0.526. The van der Waals surface area contributed by atoms with Gasteiger partial charge in [-0.3, -0.25) is 14.4 Å². The first-order chi connectivity index (χ1) is 19.1. The van der Waals surface area contributed by atoms with E-state index in [1.54, 1.807) is 19.1 Å². The van der Waals surface area contributed by atoms with Crippen molar-refractivity contribution < 1.29 is 19.2 Å². The van der Waals surface area contributed by atoms with Gasteiger partial charge in [0.25, 0.3) is 5.91 Å². The molecule has 1 heterocycles. The van der Waals surface area contributed by atoms with Crippen molar-refractivity contribution in [2.75, 3.05) is 22.9 Å². The molecule has 1 aliphatic carbocycles. The Balaban J connectivity index is 1.66. The van der Waals surface area contributed by atoms with Crippen LogP contribution in [0.4, 0.5) is 16.2 Å². The highest BCUT2D eigenvalue weighted by Crippen LogP contribution is 2.37. The summed E-state index contributed by atoms with van der Waals surface area (Å²) in [6.45, 7) is 7.49. The number of Topliss-reactive ketones (excluding diaryl/α,β-unsaturated/α-hetero) is 2.